The number of aliphatic hydroxyl groups is 1. The third-order valence-corrected chi connectivity index (χ3v) is 5.83. The van der Waals surface area contributed by atoms with Crippen LogP contribution in [0.5, 0.6) is 5.75 Å². The molecule has 0 fully saturated rings. The largest absolute Gasteiger partial charge is 0.491 e. The van der Waals surface area contributed by atoms with Crippen LogP contribution in [0.4, 0.5) is 0 Å². The topological polar surface area (TPSA) is 64.3 Å². The SMILES string of the molecule is C=CCn1c(SCC(O)COc2ccc3ccccc3c2)nc2ccccc2c1=O. The van der Waals surface area contributed by atoms with Gasteiger partial charge in [-0.15, -0.1) is 6.58 Å². The van der Waals surface area contributed by atoms with E-state index in [1.807, 2.05) is 60.7 Å². The number of rotatable bonds is 8. The summed E-state index contributed by atoms with van der Waals surface area (Å²) < 4.78 is 7.35. The predicted octanol–water partition coefficient (Wildman–Crippen LogP) is 4.27. The summed E-state index contributed by atoms with van der Waals surface area (Å²) in [5, 5.41) is 13.8. The number of aromatic nitrogens is 2. The van der Waals surface area contributed by atoms with Crippen LogP contribution in [0.25, 0.3) is 21.7 Å². The second-order valence-corrected chi connectivity index (χ2v) is 7.89. The summed E-state index contributed by atoms with van der Waals surface area (Å²) in [7, 11) is 0. The molecule has 1 unspecified atom stereocenters. The molecule has 1 aromatic heterocycles. The zero-order valence-corrected chi connectivity index (χ0v) is 17.2. The Kier molecular flexibility index (Phi) is 6.16. The minimum Gasteiger partial charge on any atom is -0.491 e. The van der Waals surface area contributed by atoms with Crippen molar-refractivity contribution in [2.45, 2.75) is 17.8 Å². The van der Waals surface area contributed by atoms with Crippen LogP contribution in [0.2, 0.25) is 0 Å². The summed E-state index contributed by atoms with van der Waals surface area (Å²) in [5.41, 5.74) is 0.539. The van der Waals surface area contributed by atoms with E-state index in [0.717, 1.165) is 10.8 Å². The molecule has 1 N–H and O–H groups in total. The first-order chi connectivity index (χ1) is 14.7. The standard InChI is InChI=1S/C24H22N2O3S/c1-2-13-26-23(28)21-9-5-6-10-22(21)25-24(26)30-16-19(27)15-29-20-12-11-17-7-3-4-8-18(17)14-20/h2-12,14,19,27H,1,13,15-16H2. The number of para-hydroxylation sites is 1. The van der Waals surface area contributed by atoms with Crippen molar-refractivity contribution in [1.82, 2.24) is 9.55 Å². The van der Waals surface area contributed by atoms with Crippen LogP contribution in [-0.2, 0) is 6.54 Å². The van der Waals surface area contributed by atoms with Crippen LogP contribution in [0.1, 0.15) is 0 Å². The number of thioether (sulfide) groups is 1. The molecule has 0 spiro atoms. The third-order valence-electron chi connectivity index (χ3n) is 4.71. The van der Waals surface area contributed by atoms with Crippen molar-refractivity contribution in [1.29, 1.82) is 0 Å². The lowest BCUT2D eigenvalue weighted by atomic mass is 10.1. The van der Waals surface area contributed by atoms with E-state index in [9.17, 15) is 9.90 Å². The minimum absolute atomic E-state index is 0.107. The highest BCUT2D eigenvalue weighted by Gasteiger charge is 2.13. The second kappa shape index (κ2) is 9.15. The van der Waals surface area contributed by atoms with Crippen LogP contribution in [0.15, 0.2) is 89.3 Å². The van der Waals surface area contributed by atoms with Gasteiger partial charge in [-0.3, -0.25) is 9.36 Å². The van der Waals surface area contributed by atoms with E-state index in [4.69, 9.17) is 4.74 Å². The van der Waals surface area contributed by atoms with Gasteiger partial charge >= 0.3 is 0 Å². The van der Waals surface area contributed by atoms with Gasteiger partial charge in [-0.2, -0.15) is 0 Å². The second-order valence-electron chi connectivity index (χ2n) is 6.90. The summed E-state index contributed by atoms with van der Waals surface area (Å²) in [6, 6.07) is 21.2. The minimum atomic E-state index is -0.706. The van der Waals surface area contributed by atoms with Crippen molar-refractivity contribution in [2.75, 3.05) is 12.4 Å². The zero-order valence-electron chi connectivity index (χ0n) is 16.4. The summed E-state index contributed by atoms with van der Waals surface area (Å²) in [6.07, 6.45) is 0.961. The molecule has 152 valence electrons. The lowest BCUT2D eigenvalue weighted by Gasteiger charge is -2.15. The summed E-state index contributed by atoms with van der Waals surface area (Å²) in [5.74, 6) is 1.07. The lowest BCUT2D eigenvalue weighted by molar-refractivity contribution is 0.126. The van der Waals surface area contributed by atoms with Gasteiger partial charge < -0.3 is 9.84 Å². The van der Waals surface area contributed by atoms with Gasteiger partial charge in [-0.1, -0.05) is 60.3 Å². The number of hydrogen-bond donors (Lipinski definition) is 1. The Bertz CT molecular complexity index is 1250. The molecular weight excluding hydrogens is 396 g/mol. The smallest absolute Gasteiger partial charge is 0.262 e. The van der Waals surface area contributed by atoms with Gasteiger partial charge in [-0.25, -0.2) is 4.98 Å². The van der Waals surface area contributed by atoms with E-state index in [0.29, 0.717) is 34.1 Å². The average molecular weight is 419 g/mol. The van der Waals surface area contributed by atoms with Gasteiger partial charge in [0, 0.05) is 12.3 Å². The van der Waals surface area contributed by atoms with E-state index in [1.54, 1.807) is 16.7 Å². The molecule has 0 amide bonds. The first kappa shape index (κ1) is 20.2. The van der Waals surface area contributed by atoms with E-state index >= 15 is 0 Å². The highest BCUT2D eigenvalue weighted by Crippen LogP contribution is 2.22. The van der Waals surface area contributed by atoms with Gasteiger partial charge in [-0.05, 0) is 35.0 Å². The summed E-state index contributed by atoms with van der Waals surface area (Å²) >= 11 is 1.34. The summed E-state index contributed by atoms with van der Waals surface area (Å²) in [6.45, 7) is 4.25. The van der Waals surface area contributed by atoms with E-state index in [-0.39, 0.29) is 12.2 Å². The van der Waals surface area contributed by atoms with Crippen molar-refractivity contribution < 1.29 is 9.84 Å². The number of nitrogens with zero attached hydrogens (tertiary/aromatic N) is 2. The molecule has 0 aliphatic carbocycles. The Morgan fingerprint density at radius 2 is 1.87 bits per heavy atom. The molecule has 0 bridgehead atoms. The predicted molar refractivity (Wildman–Crippen MR) is 122 cm³/mol. The monoisotopic (exact) mass is 418 g/mol. The number of fused-ring (bicyclic) bond motifs is 2. The number of allylic oxidation sites excluding steroid dienone is 1. The van der Waals surface area contributed by atoms with Crippen molar-refractivity contribution in [3.8, 4) is 5.75 Å². The molecule has 4 aromatic rings. The number of ether oxygens (including phenoxy) is 1. The zero-order chi connectivity index (χ0) is 20.9. The Morgan fingerprint density at radius 3 is 2.70 bits per heavy atom. The highest BCUT2D eigenvalue weighted by atomic mass is 32.2. The van der Waals surface area contributed by atoms with Crippen LogP contribution >= 0.6 is 11.8 Å². The maximum atomic E-state index is 12.8. The van der Waals surface area contributed by atoms with Gasteiger partial charge in [0.25, 0.3) is 5.56 Å². The van der Waals surface area contributed by atoms with Crippen LogP contribution in [0, 0.1) is 0 Å². The van der Waals surface area contributed by atoms with Crippen molar-refractivity contribution in [3.63, 3.8) is 0 Å². The van der Waals surface area contributed by atoms with Crippen molar-refractivity contribution in [3.05, 3.63) is 89.7 Å². The van der Waals surface area contributed by atoms with Gasteiger partial charge in [0.1, 0.15) is 12.4 Å². The summed E-state index contributed by atoms with van der Waals surface area (Å²) in [4.78, 5) is 17.4. The normalized spacial score (nSPS) is 12.2. The van der Waals surface area contributed by atoms with Crippen molar-refractivity contribution >= 4 is 33.4 Å². The quantitative estimate of drug-likeness (QED) is 0.263. The molecule has 0 aliphatic rings. The van der Waals surface area contributed by atoms with Gasteiger partial charge in [0.05, 0.1) is 17.0 Å². The molecule has 5 nitrogen and oxygen atoms in total. The molecule has 0 saturated heterocycles. The molecule has 6 heteroatoms. The first-order valence-electron chi connectivity index (χ1n) is 9.68. The van der Waals surface area contributed by atoms with E-state index < -0.39 is 6.10 Å². The molecule has 4 rings (SSSR count). The van der Waals surface area contributed by atoms with Gasteiger partial charge in [0.15, 0.2) is 5.16 Å². The molecule has 0 radical (unpaired) electrons. The maximum absolute atomic E-state index is 12.8. The van der Waals surface area contributed by atoms with E-state index in [1.165, 1.54) is 11.8 Å². The fourth-order valence-corrected chi connectivity index (χ4v) is 4.13. The molecule has 1 atom stereocenters. The Balaban J connectivity index is 1.44. The number of aliphatic hydroxyl groups excluding tert-OH is 1. The molecule has 3 aromatic carbocycles. The molecule has 30 heavy (non-hydrogen) atoms. The van der Waals surface area contributed by atoms with Crippen molar-refractivity contribution in [2.24, 2.45) is 0 Å². The number of benzene rings is 3. The fourth-order valence-electron chi connectivity index (χ4n) is 3.22. The highest BCUT2D eigenvalue weighted by molar-refractivity contribution is 7.99. The Labute approximate surface area is 178 Å². The average Bonchev–Trinajstić information content (AvgIpc) is 2.78. The van der Waals surface area contributed by atoms with Crippen LogP contribution < -0.4 is 10.3 Å². The Hall–Kier alpha value is -3.09. The fraction of sp³-hybridized carbons (Fsp3) is 0.167. The van der Waals surface area contributed by atoms with E-state index in [2.05, 4.69) is 11.6 Å². The molecular formula is C24H22N2O3S. The van der Waals surface area contributed by atoms with Crippen LogP contribution in [-0.4, -0.2) is 33.1 Å². The molecule has 0 aliphatic heterocycles. The Morgan fingerprint density at radius 1 is 1.10 bits per heavy atom. The molecule has 0 saturated carbocycles. The van der Waals surface area contributed by atoms with Crippen LogP contribution in [0.3, 0.4) is 0 Å². The third kappa shape index (κ3) is 4.40. The molecule has 1 heterocycles. The maximum Gasteiger partial charge on any atom is 0.262 e. The first-order valence-corrected chi connectivity index (χ1v) is 10.7. The number of hydrogen-bond acceptors (Lipinski definition) is 5. The lowest BCUT2D eigenvalue weighted by Crippen LogP contribution is -2.24. The van der Waals surface area contributed by atoms with Gasteiger partial charge in [0.2, 0.25) is 0 Å².